The molecule has 1 N–H and O–H groups in total. The van der Waals surface area contributed by atoms with Crippen molar-refractivity contribution in [2.75, 3.05) is 14.2 Å². The van der Waals surface area contributed by atoms with Crippen molar-refractivity contribution in [2.24, 2.45) is 0 Å². The van der Waals surface area contributed by atoms with E-state index in [4.69, 9.17) is 13.9 Å². The molecule has 5 nitrogen and oxygen atoms in total. The van der Waals surface area contributed by atoms with Gasteiger partial charge in [-0.05, 0) is 24.3 Å². The molecule has 3 rings (SSSR count). The predicted molar refractivity (Wildman–Crippen MR) is 78.6 cm³/mol. The summed E-state index contributed by atoms with van der Waals surface area (Å²) in [5.74, 6) is 3.12. The zero-order valence-corrected chi connectivity index (χ0v) is 11.9. The summed E-state index contributed by atoms with van der Waals surface area (Å²) in [6, 6.07) is 7.53. The van der Waals surface area contributed by atoms with Crippen molar-refractivity contribution in [3.8, 4) is 22.8 Å². The second kappa shape index (κ2) is 5.75. The Kier molecular flexibility index (Phi) is 3.64. The highest BCUT2D eigenvalue weighted by Crippen LogP contribution is 2.39. The van der Waals surface area contributed by atoms with E-state index in [1.165, 1.54) is 0 Å². The molecule has 0 fully saturated rings. The Bertz CT molecular complexity index is 703. The van der Waals surface area contributed by atoms with Gasteiger partial charge in [-0.2, -0.15) is 0 Å². The van der Waals surface area contributed by atoms with Gasteiger partial charge in [0.25, 0.3) is 0 Å². The highest BCUT2D eigenvalue weighted by Gasteiger charge is 2.19. The minimum atomic E-state index is 0.601. The lowest BCUT2D eigenvalue weighted by Gasteiger charge is -2.15. The maximum atomic E-state index is 5.56. The molecule has 0 unspecified atom stereocenters. The number of rotatable bonds is 5. The van der Waals surface area contributed by atoms with Crippen LogP contribution in [0.15, 0.2) is 47.3 Å². The van der Waals surface area contributed by atoms with E-state index in [0.29, 0.717) is 6.42 Å². The standard InChI is InChI=1S/C16H16N2O3/c1-19-12-5-6-13(20-2)16(14-4-3-9-21-14)11(12)10-15-17-7-8-18-15/h3-9H,10H2,1-2H3,(H,17,18). The summed E-state index contributed by atoms with van der Waals surface area (Å²) in [7, 11) is 3.30. The van der Waals surface area contributed by atoms with Crippen LogP contribution in [0.3, 0.4) is 0 Å². The van der Waals surface area contributed by atoms with Crippen molar-refractivity contribution in [1.82, 2.24) is 9.97 Å². The van der Waals surface area contributed by atoms with Gasteiger partial charge in [-0.25, -0.2) is 4.98 Å². The first-order chi connectivity index (χ1) is 10.3. The number of aromatic amines is 1. The molecule has 2 aromatic heterocycles. The summed E-state index contributed by atoms with van der Waals surface area (Å²) in [6.07, 6.45) is 5.78. The molecule has 0 spiro atoms. The summed E-state index contributed by atoms with van der Waals surface area (Å²) in [4.78, 5) is 7.39. The number of benzene rings is 1. The van der Waals surface area contributed by atoms with Crippen LogP contribution in [0.1, 0.15) is 11.4 Å². The molecule has 0 saturated carbocycles. The Morgan fingerprint density at radius 3 is 2.57 bits per heavy atom. The van der Waals surface area contributed by atoms with E-state index in [-0.39, 0.29) is 0 Å². The van der Waals surface area contributed by atoms with Crippen molar-refractivity contribution < 1.29 is 13.9 Å². The van der Waals surface area contributed by atoms with E-state index in [1.807, 2.05) is 24.3 Å². The number of furan rings is 1. The molecule has 0 aliphatic rings. The van der Waals surface area contributed by atoms with Crippen molar-refractivity contribution in [2.45, 2.75) is 6.42 Å². The molecule has 0 amide bonds. The van der Waals surface area contributed by atoms with Gasteiger partial charge >= 0.3 is 0 Å². The topological polar surface area (TPSA) is 60.3 Å². The molecule has 0 aliphatic heterocycles. The molecule has 0 bridgehead atoms. The largest absolute Gasteiger partial charge is 0.496 e. The number of nitrogens with zero attached hydrogens (tertiary/aromatic N) is 1. The number of nitrogens with one attached hydrogen (secondary N) is 1. The molecule has 0 radical (unpaired) electrons. The maximum absolute atomic E-state index is 5.56. The third-order valence-corrected chi connectivity index (χ3v) is 3.34. The summed E-state index contributed by atoms with van der Waals surface area (Å²) in [5, 5.41) is 0. The van der Waals surface area contributed by atoms with Gasteiger partial charge in [-0.3, -0.25) is 0 Å². The minimum absolute atomic E-state index is 0.601. The second-order valence-corrected chi connectivity index (χ2v) is 4.51. The average molecular weight is 284 g/mol. The molecule has 0 atom stereocenters. The van der Waals surface area contributed by atoms with Gasteiger partial charge < -0.3 is 18.9 Å². The van der Waals surface area contributed by atoms with E-state index in [1.54, 1.807) is 32.9 Å². The monoisotopic (exact) mass is 284 g/mol. The highest BCUT2D eigenvalue weighted by atomic mass is 16.5. The van der Waals surface area contributed by atoms with E-state index in [2.05, 4.69) is 9.97 Å². The third-order valence-electron chi connectivity index (χ3n) is 3.34. The summed E-state index contributed by atoms with van der Waals surface area (Å²) in [5.41, 5.74) is 1.86. The fourth-order valence-electron chi connectivity index (χ4n) is 2.40. The highest BCUT2D eigenvalue weighted by molar-refractivity contribution is 5.73. The molecule has 2 heterocycles. The lowest BCUT2D eigenvalue weighted by atomic mass is 9.99. The van der Waals surface area contributed by atoms with Crippen LogP contribution in [-0.4, -0.2) is 24.2 Å². The average Bonchev–Trinajstić information content (AvgIpc) is 3.20. The van der Waals surface area contributed by atoms with Crippen LogP contribution in [0.4, 0.5) is 0 Å². The molecule has 0 aliphatic carbocycles. The van der Waals surface area contributed by atoms with Crippen LogP contribution in [0.5, 0.6) is 11.5 Å². The fraction of sp³-hybridized carbons (Fsp3) is 0.188. The minimum Gasteiger partial charge on any atom is -0.496 e. The van der Waals surface area contributed by atoms with Crippen molar-refractivity contribution >= 4 is 0 Å². The molecule has 5 heteroatoms. The number of hydrogen-bond donors (Lipinski definition) is 1. The first-order valence-electron chi connectivity index (χ1n) is 6.59. The van der Waals surface area contributed by atoms with Crippen molar-refractivity contribution in [1.29, 1.82) is 0 Å². The second-order valence-electron chi connectivity index (χ2n) is 4.51. The SMILES string of the molecule is COc1ccc(OC)c(-c2ccco2)c1Cc1ncc[nH]1. The molecule has 108 valence electrons. The number of H-pyrrole nitrogens is 1. The first-order valence-corrected chi connectivity index (χ1v) is 6.59. The van der Waals surface area contributed by atoms with E-state index >= 15 is 0 Å². The zero-order chi connectivity index (χ0) is 14.7. The van der Waals surface area contributed by atoms with Gasteiger partial charge in [-0.15, -0.1) is 0 Å². The van der Waals surface area contributed by atoms with E-state index in [0.717, 1.165) is 34.2 Å². The molecule has 21 heavy (non-hydrogen) atoms. The Morgan fingerprint density at radius 2 is 1.95 bits per heavy atom. The molecule has 1 aromatic carbocycles. The third kappa shape index (κ3) is 2.50. The Hall–Kier alpha value is -2.69. The van der Waals surface area contributed by atoms with Crippen LogP contribution in [0.2, 0.25) is 0 Å². The molecular weight excluding hydrogens is 268 g/mol. The quantitative estimate of drug-likeness (QED) is 0.781. The maximum Gasteiger partial charge on any atom is 0.138 e. The Labute approximate surface area is 122 Å². The van der Waals surface area contributed by atoms with Crippen LogP contribution >= 0.6 is 0 Å². The van der Waals surface area contributed by atoms with Crippen LogP contribution in [-0.2, 0) is 6.42 Å². The van der Waals surface area contributed by atoms with Gasteiger partial charge in [0.05, 0.1) is 26.0 Å². The Morgan fingerprint density at radius 1 is 1.14 bits per heavy atom. The van der Waals surface area contributed by atoms with Gasteiger partial charge in [-0.1, -0.05) is 0 Å². The smallest absolute Gasteiger partial charge is 0.138 e. The van der Waals surface area contributed by atoms with Crippen molar-refractivity contribution in [3.63, 3.8) is 0 Å². The van der Waals surface area contributed by atoms with E-state index in [9.17, 15) is 0 Å². The fourth-order valence-corrected chi connectivity index (χ4v) is 2.40. The number of imidazole rings is 1. The van der Waals surface area contributed by atoms with Crippen LogP contribution in [0, 0.1) is 0 Å². The number of methoxy groups -OCH3 is 2. The van der Waals surface area contributed by atoms with Crippen LogP contribution in [0.25, 0.3) is 11.3 Å². The van der Waals surface area contributed by atoms with Gasteiger partial charge in [0.1, 0.15) is 23.1 Å². The van der Waals surface area contributed by atoms with Gasteiger partial charge in [0.2, 0.25) is 0 Å². The molecule has 3 aromatic rings. The zero-order valence-electron chi connectivity index (χ0n) is 11.9. The summed E-state index contributed by atoms with van der Waals surface area (Å²) < 4.78 is 16.5. The normalized spacial score (nSPS) is 10.6. The van der Waals surface area contributed by atoms with Gasteiger partial charge in [0.15, 0.2) is 0 Å². The number of aromatic nitrogens is 2. The summed E-state index contributed by atoms with van der Waals surface area (Å²) in [6.45, 7) is 0. The Balaban J connectivity index is 2.18. The van der Waals surface area contributed by atoms with Crippen molar-refractivity contribution in [3.05, 3.63) is 54.3 Å². The van der Waals surface area contributed by atoms with Gasteiger partial charge in [0, 0.05) is 24.4 Å². The summed E-state index contributed by atoms with van der Waals surface area (Å²) >= 11 is 0. The van der Waals surface area contributed by atoms with Crippen LogP contribution < -0.4 is 9.47 Å². The number of ether oxygens (including phenoxy) is 2. The molecule has 0 saturated heterocycles. The lowest BCUT2D eigenvalue weighted by molar-refractivity contribution is 0.399. The first kappa shape index (κ1) is 13.3. The molecular formula is C16H16N2O3. The predicted octanol–water partition coefficient (Wildman–Crippen LogP) is 3.28. The number of hydrogen-bond acceptors (Lipinski definition) is 4. The lowest BCUT2D eigenvalue weighted by Crippen LogP contribution is -2.00. The van der Waals surface area contributed by atoms with E-state index < -0.39 is 0 Å².